The lowest BCUT2D eigenvalue weighted by atomic mass is 9.63. The van der Waals surface area contributed by atoms with Gasteiger partial charge in [-0.15, -0.1) is 0 Å². The van der Waals surface area contributed by atoms with Crippen molar-refractivity contribution >= 4 is 0 Å². The van der Waals surface area contributed by atoms with E-state index in [1.54, 1.807) is 0 Å². The van der Waals surface area contributed by atoms with Crippen LogP contribution in [0.15, 0.2) is 0 Å². The molecule has 0 aromatic carbocycles. The number of hydrogen-bond acceptors (Lipinski definition) is 4. The van der Waals surface area contributed by atoms with Crippen LogP contribution in [0.4, 0.5) is 0 Å². The van der Waals surface area contributed by atoms with Crippen LogP contribution in [-0.4, -0.2) is 34.5 Å². The second kappa shape index (κ2) is 5.87. The van der Waals surface area contributed by atoms with Crippen LogP contribution in [0, 0.1) is 11.8 Å². The van der Waals surface area contributed by atoms with Crippen LogP contribution in [0.5, 0.6) is 0 Å². The maximum Gasteiger partial charge on any atom is 0.0586 e. The van der Waals surface area contributed by atoms with E-state index in [0.29, 0.717) is 6.54 Å². The van der Waals surface area contributed by atoms with Gasteiger partial charge >= 0.3 is 0 Å². The molecule has 0 saturated heterocycles. The summed E-state index contributed by atoms with van der Waals surface area (Å²) in [5, 5.41) is 20.5. The normalized spacial score (nSPS) is 41.3. The van der Waals surface area contributed by atoms with Crippen LogP contribution < -0.4 is 11.5 Å². The summed E-state index contributed by atoms with van der Waals surface area (Å²) in [7, 11) is 0. The second-order valence-electron chi connectivity index (χ2n) is 6.23. The van der Waals surface area contributed by atoms with Crippen molar-refractivity contribution in [3.63, 3.8) is 0 Å². The lowest BCUT2D eigenvalue weighted by Gasteiger charge is -2.49. The van der Waals surface area contributed by atoms with E-state index in [-0.39, 0.29) is 24.0 Å². The van der Waals surface area contributed by atoms with Gasteiger partial charge in [-0.1, -0.05) is 25.7 Å². The van der Waals surface area contributed by atoms with Crippen molar-refractivity contribution in [2.45, 2.75) is 69.1 Å². The average molecular weight is 256 g/mol. The Bertz CT molecular complexity index is 251. The first kappa shape index (κ1) is 14.3. The molecule has 18 heavy (non-hydrogen) atoms. The van der Waals surface area contributed by atoms with Gasteiger partial charge in [0.25, 0.3) is 0 Å². The van der Waals surface area contributed by atoms with Gasteiger partial charge in [-0.25, -0.2) is 0 Å². The molecule has 4 heteroatoms. The SMILES string of the molecule is NCC(N)(C1CCCCC1O)C1CCCCC1O. The molecule has 2 fully saturated rings. The minimum atomic E-state index is -0.598. The van der Waals surface area contributed by atoms with E-state index >= 15 is 0 Å². The molecule has 4 nitrogen and oxygen atoms in total. The molecule has 2 rings (SSSR count). The molecule has 4 unspecified atom stereocenters. The third kappa shape index (κ3) is 2.57. The monoisotopic (exact) mass is 256 g/mol. The standard InChI is InChI=1S/C14H28N2O2/c15-9-14(16,10-5-1-3-7-12(10)17)11-6-2-4-8-13(11)18/h10-13,17-18H,1-9,15-16H2. The van der Waals surface area contributed by atoms with Crippen molar-refractivity contribution in [3.05, 3.63) is 0 Å². The van der Waals surface area contributed by atoms with Crippen LogP contribution in [0.3, 0.4) is 0 Å². The van der Waals surface area contributed by atoms with Gasteiger partial charge in [-0.05, 0) is 25.7 Å². The van der Waals surface area contributed by atoms with Gasteiger partial charge in [0.1, 0.15) is 0 Å². The van der Waals surface area contributed by atoms with Crippen molar-refractivity contribution in [2.24, 2.45) is 23.3 Å². The maximum atomic E-state index is 10.2. The predicted octanol–water partition coefficient (Wildman–Crippen LogP) is 0.745. The van der Waals surface area contributed by atoms with Crippen LogP contribution in [0.1, 0.15) is 51.4 Å². The highest BCUT2D eigenvalue weighted by Crippen LogP contribution is 2.41. The van der Waals surface area contributed by atoms with E-state index in [2.05, 4.69) is 0 Å². The molecule has 106 valence electrons. The summed E-state index contributed by atoms with van der Waals surface area (Å²) < 4.78 is 0. The summed E-state index contributed by atoms with van der Waals surface area (Å²) >= 11 is 0. The average Bonchev–Trinajstić information content (AvgIpc) is 2.39. The molecule has 2 aliphatic carbocycles. The Morgan fingerprint density at radius 3 is 1.56 bits per heavy atom. The first-order valence-corrected chi connectivity index (χ1v) is 7.44. The first-order valence-electron chi connectivity index (χ1n) is 7.44. The molecule has 4 atom stereocenters. The molecular weight excluding hydrogens is 228 g/mol. The molecule has 2 aliphatic rings. The zero-order valence-electron chi connectivity index (χ0n) is 11.2. The summed E-state index contributed by atoms with van der Waals surface area (Å²) in [6.07, 6.45) is 7.22. The van der Waals surface area contributed by atoms with E-state index < -0.39 is 5.54 Å². The van der Waals surface area contributed by atoms with Gasteiger partial charge < -0.3 is 21.7 Å². The van der Waals surface area contributed by atoms with E-state index in [1.807, 2.05) is 0 Å². The van der Waals surface area contributed by atoms with Crippen molar-refractivity contribution in [1.29, 1.82) is 0 Å². The van der Waals surface area contributed by atoms with Crippen LogP contribution in [0.25, 0.3) is 0 Å². The molecule has 0 amide bonds. The van der Waals surface area contributed by atoms with Gasteiger partial charge in [0.2, 0.25) is 0 Å². The Morgan fingerprint density at radius 2 is 1.22 bits per heavy atom. The Hall–Kier alpha value is -0.160. The maximum absolute atomic E-state index is 10.2. The molecule has 6 N–H and O–H groups in total. The molecule has 0 radical (unpaired) electrons. The molecule has 0 aliphatic heterocycles. The summed E-state index contributed by atoms with van der Waals surface area (Å²) in [5.41, 5.74) is 11.9. The van der Waals surface area contributed by atoms with Gasteiger partial charge in [-0.2, -0.15) is 0 Å². The largest absolute Gasteiger partial charge is 0.393 e. The Labute approximate surface area is 110 Å². The van der Waals surface area contributed by atoms with Crippen molar-refractivity contribution < 1.29 is 10.2 Å². The molecule has 0 aromatic heterocycles. The molecule has 0 aromatic rings. The van der Waals surface area contributed by atoms with Gasteiger partial charge in [0.15, 0.2) is 0 Å². The fraction of sp³-hybridized carbons (Fsp3) is 1.00. The molecule has 0 heterocycles. The summed E-state index contributed by atoms with van der Waals surface area (Å²) in [5.74, 6) is 0.1000. The minimum Gasteiger partial charge on any atom is -0.393 e. The minimum absolute atomic E-state index is 0.0500. The van der Waals surface area contributed by atoms with Crippen LogP contribution in [0.2, 0.25) is 0 Å². The molecule has 0 spiro atoms. The lowest BCUT2D eigenvalue weighted by molar-refractivity contribution is -0.0432. The summed E-state index contributed by atoms with van der Waals surface area (Å²) in [4.78, 5) is 0. The number of nitrogens with two attached hydrogens (primary N) is 2. The molecule has 0 bridgehead atoms. The zero-order valence-corrected chi connectivity index (χ0v) is 11.2. The van der Waals surface area contributed by atoms with E-state index in [4.69, 9.17) is 11.5 Å². The first-order chi connectivity index (χ1) is 8.59. The Morgan fingerprint density at radius 1 is 0.833 bits per heavy atom. The lowest BCUT2D eigenvalue weighted by Crippen LogP contribution is -2.64. The third-order valence-corrected chi connectivity index (χ3v) is 5.19. The van der Waals surface area contributed by atoms with Crippen molar-refractivity contribution in [3.8, 4) is 0 Å². The highest BCUT2D eigenvalue weighted by Gasteiger charge is 2.47. The van der Waals surface area contributed by atoms with E-state index in [1.165, 1.54) is 0 Å². The van der Waals surface area contributed by atoms with Crippen molar-refractivity contribution in [2.75, 3.05) is 6.54 Å². The molecular formula is C14H28N2O2. The van der Waals surface area contributed by atoms with Crippen LogP contribution >= 0.6 is 0 Å². The quantitative estimate of drug-likeness (QED) is 0.599. The Kier molecular flexibility index (Phi) is 4.64. The van der Waals surface area contributed by atoms with Gasteiger partial charge in [-0.3, -0.25) is 0 Å². The van der Waals surface area contributed by atoms with Gasteiger partial charge in [0.05, 0.1) is 12.2 Å². The Balaban J connectivity index is 2.16. The topological polar surface area (TPSA) is 92.5 Å². The fourth-order valence-corrected chi connectivity index (χ4v) is 4.05. The van der Waals surface area contributed by atoms with E-state index in [9.17, 15) is 10.2 Å². The van der Waals surface area contributed by atoms with E-state index in [0.717, 1.165) is 51.4 Å². The van der Waals surface area contributed by atoms with Crippen molar-refractivity contribution in [1.82, 2.24) is 0 Å². The second-order valence-corrected chi connectivity index (χ2v) is 6.23. The fourth-order valence-electron chi connectivity index (χ4n) is 4.05. The number of rotatable bonds is 3. The third-order valence-electron chi connectivity index (χ3n) is 5.19. The van der Waals surface area contributed by atoms with Crippen LogP contribution in [-0.2, 0) is 0 Å². The number of aliphatic hydroxyl groups excluding tert-OH is 2. The smallest absolute Gasteiger partial charge is 0.0586 e. The highest BCUT2D eigenvalue weighted by atomic mass is 16.3. The summed E-state index contributed by atoms with van der Waals surface area (Å²) in [6.45, 7) is 0.358. The highest BCUT2D eigenvalue weighted by molar-refractivity contribution is 5.04. The van der Waals surface area contributed by atoms with Gasteiger partial charge in [0, 0.05) is 23.9 Å². The molecule has 2 saturated carbocycles. The predicted molar refractivity (Wildman–Crippen MR) is 71.9 cm³/mol. The number of aliphatic hydroxyl groups is 2. The zero-order chi connectivity index (χ0) is 13.2. The summed E-state index contributed by atoms with van der Waals surface area (Å²) in [6, 6.07) is 0. The number of hydrogen-bond donors (Lipinski definition) is 4.